The van der Waals surface area contributed by atoms with Crippen LogP contribution in [0.5, 0.6) is 5.75 Å². The molecule has 0 atom stereocenters. The highest BCUT2D eigenvalue weighted by atomic mass is 79.9. The number of hydrogen-bond donors (Lipinski definition) is 2. The lowest BCUT2D eigenvalue weighted by Crippen LogP contribution is -1.97. The summed E-state index contributed by atoms with van der Waals surface area (Å²) in [6.07, 6.45) is 0.222. The minimum atomic E-state index is -0.926. The number of phenols is 1. The van der Waals surface area contributed by atoms with E-state index in [0.717, 1.165) is 0 Å². The average molecular weight is 263 g/mol. The zero-order chi connectivity index (χ0) is 10.7. The van der Waals surface area contributed by atoms with Crippen LogP contribution in [0.25, 0.3) is 0 Å². The lowest BCUT2D eigenvalue weighted by atomic mass is 10.1. The molecule has 3 nitrogen and oxygen atoms in total. The number of aromatic hydroxyl groups is 1. The standard InChI is InChI=1S/C9H8BrFO3/c10-6-3-5(1-2-8(13)14)4-7(12)9(6)11/h3-4,12H,1-2H2,(H,13,14). The SMILES string of the molecule is O=C(O)CCc1cc(O)c(F)c(Br)c1. The molecule has 1 aromatic carbocycles. The van der Waals surface area contributed by atoms with Crippen molar-refractivity contribution >= 4 is 21.9 Å². The quantitative estimate of drug-likeness (QED) is 0.879. The molecule has 0 spiro atoms. The Bertz CT molecular complexity index is 342. The number of benzene rings is 1. The van der Waals surface area contributed by atoms with E-state index < -0.39 is 17.5 Å². The summed E-state index contributed by atoms with van der Waals surface area (Å²) in [5.74, 6) is -2.13. The van der Waals surface area contributed by atoms with Gasteiger partial charge in [-0.25, -0.2) is 4.39 Å². The fourth-order valence-electron chi connectivity index (χ4n) is 1.02. The Labute approximate surface area is 88.3 Å². The van der Waals surface area contributed by atoms with Gasteiger partial charge in [-0.3, -0.25) is 4.79 Å². The summed E-state index contributed by atoms with van der Waals surface area (Å²) in [5.41, 5.74) is 0.582. The smallest absolute Gasteiger partial charge is 0.303 e. The van der Waals surface area contributed by atoms with Gasteiger partial charge in [-0.2, -0.15) is 0 Å². The Kier molecular flexibility index (Phi) is 3.46. The summed E-state index contributed by atoms with van der Waals surface area (Å²) < 4.78 is 13.0. The maximum atomic E-state index is 12.9. The third-order valence-electron chi connectivity index (χ3n) is 1.70. The van der Waals surface area contributed by atoms with Crippen molar-refractivity contribution in [2.75, 3.05) is 0 Å². The van der Waals surface area contributed by atoms with E-state index >= 15 is 0 Å². The highest BCUT2D eigenvalue weighted by Crippen LogP contribution is 2.26. The molecule has 0 bridgehead atoms. The van der Waals surface area contributed by atoms with E-state index in [9.17, 15) is 9.18 Å². The number of carboxylic acids is 1. The molecule has 1 rings (SSSR count). The van der Waals surface area contributed by atoms with Gasteiger partial charge in [0.05, 0.1) is 4.47 Å². The molecule has 0 fully saturated rings. The van der Waals surface area contributed by atoms with Gasteiger partial charge in [-0.15, -0.1) is 0 Å². The van der Waals surface area contributed by atoms with Crippen LogP contribution < -0.4 is 0 Å². The van der Waals surface area contributed by atoms with E-state index in [1.165, 1.54) is 12.1 Å². The molecule has 0 radical (unpaired) electrons. The monoisotopic (exact) mass is 262 g/mol. The molecule has 0 heterocycles. The number of phenolic OH excluding ortho intramolecular Hbond substituents is 1. The van der Waals surface area contributed by atoms with Crippen molar-refractivity contribution < 1.29 is 19.4 Å². The molecule has 0 saturated heterocycles. The van der Waals surface area contributed by atoms with Crippen LogP contribution >= 0.6 is 15.9 Å². The number of rotatable bonds is 3. The average Bonchev–Trinajstić information content (AvgIpc) is 2.10. The zero-order valence-corrected chi connectivity index (χ0v) is 8.71. The third kappa shape index (κ3) is 2.70. The molecule has 0 aromatic heterocycles. The summed E-state index contributed by atoms with van der Waals surface area (Å²) in [6, 6.07) is 2.68. The van der Waals surface area contributed by atoms with Crippen molar-refractivity contribution in [2.45, 2.75) is 12.8 Å². The van der Waals surface area contributed by atoms with Crippen molar-refractivity contribution in [3.05, 3.63) is 28.0 Å². The van der Waals surface area contributed by atoms with Gasteiger partial charge in [0.1, 0.15) is 0 Å². The van der Waals surface area contributed by atoms with Gasteiger partial charge in [0.2, 0.25) is 0 Å². The first-order valence-electron chi connectivity index (χ1n) is 3.89. The molecule has 14 heavy (non-hydrogen) atoms. The number of carboxylic acid groups (broad SMARTS) is 1. The second kappa shape index (κ2) is 4.41. The Morgan fingerprint density at radius 3 is 2.64 bits per heavy atom. The molecule has 1 aromatic rings. The van der Waals surface area contributed by atoms with Crippen molar-refractivity contribution in [2.24, 2.45) is 0 Å². The van der Waals surface area contributed by atoms with Crippen LogP contribution in [0.15, 0.2) is 16.6 Å². The van der Waals surface area contributed by atoms with Crippen molar-refractivity contribution in [3.8, 4) is 5.75 Å². The summed E-state index contributed by atoms with van der Waals surface area (Å²) in [6.45, 7) is 0. The molecule has 2 N–H and O–H groups in total. The van der Waals surface area contributed by atoms with Crippen LogP contribution in [0.2, 0.25) is 0 Å². The topological polar surface area (TPSA) is 57.5 Å². The van der Waals surface area contributed by atoms with Crippen molar-refractivity contribution in [3.63, 3.8) is 0 Å². The molecule has 0 aliphatic heterocycles. The van der Waals surface area contributed by atoms with Crippen LogP contribution in [-0.4, -0.2) is 16.2 Å². The molecule has 0 aliphatic carbocycles. The van der Waals surface area contributed by atoms with Gasteiger partial charge in [-0.05, 0) is 40.0 Å². The van der Waals surface area contributed by atoms with Crippen LogP contribution in [0.3, 0.4) is 0 Å². The maximum Gasteiger partial charge on any atom is 0.303 e. The fraction of sp³-hybridized carbons (Fsp3) is 0.222. The molecular formula is C9H8BrFO3. The van der Waals surface area contributed by atoms with Crippen molar-refractivity contribution in [1.82, 2.24) is 0 Å². The lowest BCUT2D eigenvalue weighted by Gasteiger charge is -2.03. The Morgan fingerprint density at radius 1 is 1.50 bits per heavy atom. The van der Waals surface area contributed by atoms with Crippen LogP contribution in [-0.2, 0) is 11.2 Å². The zero-order valence-electron chi connectivity index (χ0n) is 7.13. The van der Waals surface area contributed by atoms with E-state index in [4.69, 9.17) is 10.2 Å². The maximum absolute atomic E-state index is 12.9. The van der Waals surface area contributed by atoms with E-state index in [-0.39, 0.29) is 17.3 Å². The molecular weight excluding hydrogens is 255 g/mol. The molecule has 0 amide bonds. The number of aliphatic carboxylic acids is 1. The van der Waals surface area contributed by atoms with E-state index in [0.29, 0.717) is 5.56 Å². The predicted molar refractivity (Wildman–Crippen MR) is 51.7 cm³/mol. The molecule has 76 valence electrons. The molecule has 0 saturated carbocycles. The van der Waals surface area contributed by atoms with Crippen LogP contribution in [0, 0.1) is 5.82 Å². The summed E-state index contributed by atoms with van der Waals surface area (Å²) in [7, 11) is 0. The van der Waals surface area contributed by atoms with Gasteiger partial charge in [0.25, 0.3) is 0 Å². The summed E-state index contributed by atoms with van der Waals surface area (Å²) >= 11 is 2.92. The third-order valence-corrected chi connectivity index (χ3v) is 2.27. The normalized spacial score (nSPS) is 10.1. The fourth-order valence-corrected chi connectivity index (χ4v) is 1.52. The highest BCUT2D eigenvalue weighted by Gasteiger charge is 2.08. The van der Waals surface area contributed by atoms with Gasteiger partial charge in [0, 0.05) is 6.42 Å². The summed E-state index contributed by atoms with van der Waals surface area (Å²) in [5, 5.41) is 17.5. The molecule has 5 heteroatoms. The number of hydrogen-bond acceptors (Lipinski definition) is 2. The van der Waals surface area contributed by atoms with Crippen LogP contribution in [0.1, 0.15) is 12.0 Å². The summed E-state index contributed by atoms with van der Waals surface area (Å²) in [4.78, 5) is 10.3. The van der Waals surface area contributed by atoms with Gasteiger partial charge >= 0.3 is 5.97 Å². The first-order valence-corrected chi connectivity index (χ1v) is 4.68. The first-order chi connectivity index (χ1) is 6.50. The molecule has 0 unspecified atom stereocenters. The Balaban J connectivity index is 2.84. The first kappa shape index (κ1) is 11.0. The van der Waals surface area contributed by atoms with E-state index in [1.807, 2.05) is 0 Å². The number of aryl methyl sites for hydroxylation is 1. The minimum absolute atomic E-state index is 0.0441. The number of halogens is 2. The minimum Gasteiger partial charge on any atom is -0.505 e. The largest absolute Gasteiger partial charge is 0.505 e. The van der Waals surface area contributed by atoms with E-state index in [2.05, 4.69) is 15.9 Å². The van der Waals surface area contributed by atoms with Gasteiger partial charge < -0.3 is 10.2 Å². The van der Waals surface area contributed by atoms with Gasteiger partial charge in [0.15, 0.2) is 11.6 Å². The van der Waals surface area contributed by atoms with Crippen LogP contribution in [0.4, 0.5) is 4.39 Å². The van der Waals surface area contributed by atoms with Crippen molar-refractivity contribution in [1.29, 1.82) is 0 Å². The second-order valence-corrected chi connectivity index (χ2v) is 3.66. The van der Waals surface area contributed by atoms with E-state index in [1.54, 1.807) is 0 Å². The number of carbonyl (C=O) groups is 1. The Morgan fingerprint density at radius 2 is 2.14 bits per heavy atom. The highest BCUT2D eigenvalue weighted by molar-refractivity contribution is 9.10. The lowest BCUT2D eigenvalue weighted by molar-refractivity contribution is -0.136. The Hall–Kier alpha value is -1.10. The predicted octanol–water partition coefficient (Wildman–Crippen LogP) is 2.31. The molecule has 0 aliphatic rings. The van der Waals surface area contributed by atoms with Gasteiger partial charge in [-0.1, -0.05) is 0 Å². The second-order valence-electron chi connectivity index (χ2n) is 2.80.